The first-order chi connectivity index (χ1) is 21.0. The fourth-order valence-corrected chi connectivity index (χ4v) is 3.70. The van der Waals surface area contributed by atoms with E-state index in [4.69, 9.17) is 25.2 Å². The lowest BCUT2D eigenvalue weighted by Gasteiger charge is -2.11. The van der Waals surface area contributed by atoms with Crippen LogP contribution >= 0.6 is 0 Å². The highest BCUT2D eigenvalue weighted by Crippen LogP contribution is 2.25. The normalized spacial score (nSPS) is 10.2. The Morgan fingerprint density at radius 2 is 0.977 bits per heavy atom. The minimum atomic E-state index is -1.56. The quantitative estimate of drug-likeness (QED) is 0.0768. The molecule has 0 aliphatic heterocycles. The van der Waals surface area contributed by atoms with Gasteiger partial charge in [-0.05, 0) is 71.8 Å². The SMILES string of the molecule is COc1ccc(-c2nc(Nc3ccc(C=C(C(=O)O)C(=O)O)cc3)nc(Nc3ccc(C=C(C(=O)O)C(=O)O)cc3)n2)cc1. The largest absolute Gasteiger partial charge is 0.497 e. The van der Waals surface area contributed by atoms with Gasteiger partial charge in [0.1, 0.15) is 16.9 Å². The molecular formula is C30H23N5O9. The maximum absolute atomic E-state index is 11.2. The van der Waals surface area contributed by atoms with Crippen LogP contribution in [-0.4, -0.2) is 66.4 Å². The predicted molar refractivity (Wildman–Crippen MR) is 158 cm³/mol. The van der Waals surface area contributed by atoms with Gasteiger partial charge in [0.2, 0.25) is 11.9 Å². The molecule has 0 unspecified atom stereocenters. The number of carbonyl (C=O) groups is 4. The maximum atomic E-state index is 11.2. The Labute approximate surface area is 248 Å². The van der Waals surface area contributed by atoms with E-state index in [2.05, 4.69) is 25.6 Å². The van der Waals surface area contributed by atoms with Crippen LogP contribution in [0, 0.1) is 0 Å². The number of ether oxygens (including phenoxy) is 1. The van der Waals surface area contributed by atoms with E-state index in [-0.39, 0.29) is 11.9 Å². The van der Waals surface area contributed by atoms with E-state index in [9.17, 15) is 19.2 Å². The summed E-state index contributed by atoms with van der Waals surface area (Å²) in [6.45, 7) is 0. The predicted octanol–water partition coefficient (Wildman–Crippen LogP) is 4.14. The lowest BCUT2D eigenvalue weighted by Crippen LogP contribution is -2.10. The molecule has 14 nitrogen and oxygen atoms in total. The van der Waals surface area contributed by atoms with Crippen molar-refractivity contribution < 1.29 is 44.3 Å². The van der Waals surface area contributed by atoms with E-state index >= 15 is 0 Å². The number of nitrogens with one attached hydrogen (secondary N) is 2. The number of nitrogens with zero attached hydrogens (tertiary/aromatic N) is 3. The number of benzene rings is 3. The number of rotatable bonds is 12. The zero-order valence-corrected chi connectivity index (χ0v) is 22.8. The molecule has 1 aromatic heterocycles. The molecule has 0 aliphatic rings. The molecule has 1 heterocycles. The number of carboxylic acid groups (broad SMARTS) is 4. The second-order valence-corrected chi connectivity index (χ2v) is 8.87. The molecule has 0 saturated carbocycles. The molecule has 0 saturated heterocycles. The first-order valence-corrected chi connectivity index (χ1v) is 12.5. The summed E-state index contributed by atoms with van der Waals surface area (Å²) >= 11 is 0. The van der Waals surface area contributed by atoms with Crippen molar-refractivity contribution in [2.45, 2.75) is 0 Å². The van der Waals surface area contributed by atoms with Crippen LogP contribution in [0.15, 0.2) is 83.9 Å². The Balaban J connectivity index is 1.64. The van der Waals surface area contributed by atoms with E-state index in [1.165, 1.54) is 24.3 Å². The summed E-state index contributed by atoms with van der Waals surface area (Å²) in [7, 11) is 1.54. The molecule has 0 bridgehead atoms. The minimum absolute atomic E-state index is 0.139. The van der Waals surface area contributed by atoms with Gasteiger partial charge >= 0.3 is 23.9 Å². The van der Waals surface area contributed by atoms with Crippen LogP contribution in [0.3, 0.4) is 0 Å². The topological polar surface area (TPSA) is 221 Å². The molecular weight excluding hydrogens is 574 g/mol. The molecule has 6 N–H and O–H groups in total. The summed E-state index contributed by atoms with van der Waals surface area (Å²) in [6.07, 6.45) is 2.07. The van der Waals surface area contributed by atoms with Gasteiger partial charge in [-0.3, -0.25) is 0 Å². The lowest BCUT2D eigenvalue weighted by molar-refractivity contribution is -0.142. The lowest BCUT2D eigenvalue weighted by atomic mass is 10.1. The Morgan fingerprint density at radius 3 is 1.32 bits per heavy atom. The molecule has 4 aromatic rings. The first-order valence-electron chi connectivity index (χ1n) is 12.5. The third-order valence-electron chi connectivity index (χ3n) is 5.86. The van der Waals surface area contributed by atoms with Crippen LogP contribution in [0.5, 0.6) is 5.75 Å². The Morgan fingerprint density at radius 1 is 0.591 bits per heavy atom. The van der Waals surface area contributed by atoms with Crippen molar-refractivity contribution in [2.75, 3.05) is 17.7 Å². The zero-order valence-electron chi connectivity index (χ0n) is 22.8. The van der Waals surface area contributed by atoms with E-state index in [0.29, 0.717) is 39.6 Å². The Hall–Kier alpha value is -6.57. The van der Waals surface area contributed by atoms with Crippen molar-refractivity contribution >= 4 is 59.3 Å². The molecule has 222 valence electrons. The van der Waals surface area contributed by atoms with E-state index < -0.39 is 35.0 Å². The molecule has 14 heteroatoms. The number of aromatic nitrogens is 3. The van der Waals surface area contributed by atoms with Crippen LogP contribution in [-0.2, 0) is 19.2 Å². The van der Waals surface area contributed by atoms with Crippen LogP contribution < -0.4 is 15.4 Å². The summed E-state index contributed by atoms with van der Waals surface area (Å²) in [5.74, 6) is -5.04. The van der Waals surface area contributed by atoms with E-state index in [0.717, 1.165) is 12.2 Å². The number of anilines is 4. The second kappa shape index (κ2) is 13.4. The summed E-state index contributed by atoms with van der Waals surface area (Å²) in [6, 6.07) is 19.4. The van der Waals surface area contributed by atoms with Gasteiger partial charge in [0.05, 0.1) is 7.11 Å². The van der Waals surface area contributed by atoms with E-state index in [1.807, 2.05) is 0 Å². The third-order valence-corrected chi connectivity index (χ3v) is 5.86. The van der Waals surface area contributed by atoms with Gasteiger partial charge in [0.15, 0.2) is 5.82 Å². The molecule has 0 radical (unpaired) electrons. The number of aliphatic carboxylic acids is 4. The zero-order chi connectivity index (χ0) is 31.8. The molecule has 0 atom stereocenters. The van der Waals surface area contributed by atoms with Gasteiger partial charge in [-0.1, -0.05) is 24.3 Å². The first kappa shape index (κ1) is 30.4. The van der Waals surface area contributed by atoms with Gasteiger partial charge in [-0.2, -0.15) is 15.0 Å². The van der Waals surface area contributed by atoms with Crippen LogP contribution in [0.25, 0.3) is 23.5 Å². The summed E-state index contributed by atoms with van der Waals surface area (Å²) in [4.78, 5) is 58.1. The van der Waals surface area contributed by atoms with Gasteiger partial charge in [0.25, 0.3) is 0 Å². The van der Waals surface area contributed by atoms with Crippen molar-refractivity contribution in [3.63, 3.8) is 0 Å². The number of hydrogen-bond donors (Lipinski definition) is 6. The highest BCUT2D eigenvalue weighted by molar-refractivity contribution is 6.16. The summed E-state index contributed by atoms with van der Waals surface area (Å²) in [5.41, 5.74) is 0.804. The molecule has 0 spiro atoms. The standard InChI is InChI=1S/C30H23N5O9/c1-44-21-12-6-18(7-13-21)24-33-29(31-19-8-2-16(3-9-19)14-22(25(36)37)26(38)39)35-30(34-24)32-20-10-4-17(5-11-20)15-23(27(40)41)28(42)43/h2-15H,1H3,(H,36,37)(H,38,39)(H,40,41)(H,42,43)(H2,31,32,33,34,35). The highest BCUT2D eigenvalue weighted by atomic mass is 16.5. The minimum Gasteiger partial charge on any atom is -0.497 e. The van der Waals surface area contributed by atoms with Crippen LogP contribution in [0.2, 0.25) is 0 Å². The van der Waals surface area contributed by atoms with Gasteiger partial charge in [-0.15, -0.1) is 0 Å². The molecule has 0 fully saturated rings. The fourth-order valence-electron chi connectivity index (χ4n) is 3.70. The van der Waals surface area contributed by atoms with Crippen molar-refractivity contribution in [1.29, 1.82) is 0 Å². The summed E-state index contributed by atoms with van der Waals surface area (Å²) < 4.78 is 5.21. The Bertz CT molecular complexity index is 1650. The maximum Gasteiger partial charge on any atom is 0.343 e. The number of hydrogen-bond acceptors (Lipinski definition) is 10. The van der Waals surface area contributed by atoms with Crippen molar-refractivity contribution in [3.05, 3.63) is 95.1 Å². The van der Waals surface area contributed by atoms with Gasteiger partial charge in [-0.25, -0.2) is 19.2 Å². The number of carboxylic acids is 4. The molecule has 4 rings (SSSR count). The molecule has 0 aliphatic carbocycles. The van der Waals surface area contributed by atoms with Crippen molar-refractivity contribution in [2.24, 2.45) is 0 Å². The third kappa shape index (κ3) is 7.79. The van der Waals surface area contributed by atoms with Crippen LogP contribution in [0.4, 0.5) is 23.3 Å². The molecule has 3 aromatic carbocycles. The molecule has 44 heavy (non-hydrogen) atoms. The smallest absolute Gasteiger partial charge is 0.343 e. The second-order valence-electron chi connectivity index (χ2n) is 8.87. The van der Waals surface area contributed by atoms with Gasteiger partial charge < -0.3 is 35.8 Å². The summed E-state index contributed by atoms with van der Waals surface area (Å²) in [5, 5.41) is 42.4. The van der Waals surface area contributed by atoms with Crippen molar-refractivity contribution in [1.82, 2.24) is 15.0 Å². The van der Waals surface area contributed by atoms with Crippen molar-refractivity contribution in [3.8, 4) is 17.1 Å². The average molecular weight is 598 g/mol. The van der Waals surface area contributed by atoms with Gasteiger partial charge in [0, 0.05) is 16.9 Å². The Kier molecular flexibility index (Phi) is 9.25. The monoisotopic (exact) mass is 597 g/mol. The van der Waals surface area contributed by atoms with E-state index in [1.54, 1.807) is 55.6 Å². The molecule has 0 amide bonds. The number of methoxy groups -OCH3 is 1. The average Bonchev–Trinajstić information content (AvgIpc) is 2.99. The highest BCUT2D eigenvalue weighted by Gasteiger charge is 2.17. The fraction of sp³-hybridized carbons (Fsp3) is 0.0333. The van der Waals surface area contributed by atoms with Crippen LogP contribution in [0.1, 0.15) is 11.1 Å².